The SMILES string of the molecule is FC(F)(F)c1cccc(-c2ccc(-n3c4ccccc4c4ccc5oc6ccccc6c5c43)c(C(F)(F)F)c2-n2c3ccccc3c3ccc4oc5ccccc5c4c32)c1. The largest absolute Gasteiger partial charge is 0.456 e. The summed E-state index contributed by atoms with van der Waals surface area (Å²) in [5.41, 5.74) is 1.36. The lowest BCUT2D eigenvalue weighted by molar-refractivity contribution is -0.138. The molecule has 0 amide bonds. The van der Waals surface area contributed by atoms with Crippen molar-refractivity contribution in [1.82, 2.24) is 9.13 Å². The van der Waals surface area contributed by atoms with Crippen LogP contribution in [-0.4, -0.2) is 9.13 Å². The normalized spacial score (nSPS) is 12.8. The first kappa shape index (κ1) is 34.6. The van der Waals surface area contributed by atoms with Crippen molar-refractivity contribution in [3.8, 4) is 22.5 Å². The standard InChI is InChI=1S/C50H26F6N2O2/c51-49(52,53)28-11-9-10-27(26-28)29-20-23-38(57-36-16-5-1-12-30(36)32-21-24-41-43(46(32)57)34-14-3-7-18-39(34)59-41)45(50(54,55)56)48(29)58-37-17-6-2-13-31(37)33-22-25-42-44(47(33)58)35-15-4-8-19-40(35)60-42/h1-26H. The molecule has 0 fully saturated rings. The number of alkyl halides is 6. The molecule has 12 aromatic rings. The summed E-state index contributed by atoms with van der Waals surface area (Å²) in [6.07, 6.45) is -9.81. The zero-order valence-corrected chi connectivity index (χ0v) is 31.0. The molecule has 0 saturated heterocycles. The Hall–Kier alpha value is -7.46. The maximum atomic E-state index is 16.8. The smallest absolute Gasteiger partial charge is 0.420 e. The Morgan fingerprint density at radius 1 is 0.400 bits per heavy atom. The fourth-order valence-corrected chi connectivity index (χ4v) is 9.39. The molecule has 4 nitrogen and oxygen atoms in total. The Morgan fingerprint density at radius 3 is 1.48 bits per heavy atom. The van der Waals surface area contributed by atoms with Crippen molar-refractivity contribution < 1.29 is 35.2 Å². The van der Waals surface area contributed by atoms with Gasteiger partial charge in [0.05, 0.1) is 49.8 Å². The average Bonchev–Trinajstić information content (AvgIpc) is 4.00. The predicted molar refractivity (Wildman–Crippen MR) is 225 cm³/mol. The fraction of sp³-hybridized carbons (Fsp3) is 0.0400. The zero-order chi connectivity index (χ0) is 40.7. The van der Waals surface area contributed by atoms with Gasteiger partial charge < -0.3 is 18.0 Å². The summed E-state index contributed by atoms with van der Waals surface area (Å²) in [7, 11) is 0. The van der Waals surface area contributed by atoms with E-state index in [9.17, 15) is 13.2 Å². The number of nitrogens with zero attached hydrogens (tertiary/aromatic N) is 2. The summed E-state index contributed by atoms with van der Waals surface area (Å²) < 4.78 is 109. The summed E-state index contributed by atoms with van der Waals surface area (Å²) in [5.74, 6) is 0. The highest BCUT2D eigenvalue weighted by Gasteiger charge is 2.41. The van der Waals surface area contributed by atoms with Gasteiger partial charge in [-0.1, -0.05) is 91.0 Å². The predicted octanol–water partition coefficient (Wildman–Crippen LogP) is 15.4. The number of fused-ring (bicyclic) bond motifs is 14. The summed E-state index contributed by atoms with van der Waals surface area (Å²) >= 11 is 0. The first-order chi connectivity index (χ1) is 29.1. The van der Waals surface area contributed by atoms with E-state index in [4.69, 9.17) is 8.83 Å². The number of hydrogen-bond donors (Lipinski definition) is 0. The van der Waals surface area contributed by atoms with Crippen LogP contribution in [0.25, 0.3) is 110 Å². The first-order valence-electron chi connectivity index (χ1n) is 19.2. The third-order valence-electron chi connectivity index (χ3n) is 11.8. The molecule has 0 aliphatic heterocycles. The van der Waals surface area contributed by atoms with E-state index >= 15 is 13.2 Å². The van der Waals surface area contributed by atoms with Gasteiger partial charge in [-0.15, -0.1) is 0 Å². The number of aromatic nitrogens is 2. The Morgan fingerprint density at radius 2 is 0.917 bits per heavy atom. The lowest BCUT2D eigenvalue weighted by Crippen LogP contribution is -2.17. The minimum Gasteiger partial charge on any atom is -0.456 e. The maximum absolute atomic E-state index is 16.8. The van der Waals surface area contributed by atoms with Gasteiger partial charge >= 0.3 is 12.4 Å². The van der Waals surface area contributed by atoms with Gasteiger partial charge in [-0.25, -0.2) is 0 Å². The van der Waals surface area contributed by atoms with Crippen LogP contribution in [0.15, 0.2) is 167 Å². The van der Waals surface area contributed by atoms with E-state index in [1.165, 1.54) is 24.3 Å². The fourth-order valence-electron chi connectivity index (χ4n) is 9.39. The van der Waals surface area contributed by atoms with Gasteiger partial charge in [-0.2, -0.15) is 26.3 Å². The number of para-hydroxylation sites is 4. The van der Waals surface area contributed by atoms with Gasteiger partial charge in [0, 0.05) is 37.9 Å². The topological polar surface area (TPSA) is 36.1 Å². The van der Waals surface area contributed by atoms with Gasteiger partial charge in [0.2, 0.25) is 0 Å². The second-order valence-corrected chi connectivity index (χ2v) is 15.0. The molecule has 10 heteroatoms. The lowest BCUT2D eigenvalue weighted by atomic mass is 9.95. The molecule has 4 aromatic heterocycles. The van der Waals surface area contributed by atoms with E-state index < -0.39 is 23.5 Å². The molecule has 0 N–H and O–H groups in total. The van der Waals surface area contributed by atoms with Crippen LogP contribution in [0.1, 0.15) is 11.1 Å². The van der Waals surface area contributed by atoms with Crippen molar-refractivity contribution >= 4 is 87.5 Å². The van der Waals surface area contributed by atoms with Crippen LogP contribution >= 0.6 is 0 Å². The summed E-state index contributed by atoms with van der Waals surface area (Å²) in [4.78, 5) is 0. The molecular weight excluding hydrogens is 775 g/mol. The Balaban J connectivity index is 1.34. The van der Waals surface area contributed by atoms with E-state index in [2.05, 4.69) is 0 Å². The molecule has 0 radical (unpaired) electrons. The number of halogens is 6. The van der Waals surface area contributed by atoms with E-state index in [1.807, 2.05) is 91.0 Å². The van der Waals surface area contributed by atoms with Crippen molar-refractivity contribution in [2.45, 2.75) is 12.4 Å². The number of rotatable bonds is 3. The van der Waals surface area contributed by atoms with Gasteiger partial charge in [-0.05, 0) is 72.3 Å². The molecule has 0 aliphatic rings. The van der Waals surface area contributed by atoms with Crippen molar-refractivity contribution in [1.29, 1.82) is 0 Å². The van der Waals surface area contributed by atoms with E-state index in [0.29, 0.717) is 76.7 Å². The molecule has 0 unspecified atom stereocenters. The third-order valence-corrected chi connectivity index (χ3v) is 11.8. The molecule has 290 valence electrons. The zero-order valence-electron chi connectivity index (χ0n) is 31.0. The van der Waals surface area contributed by atoms with Gasteiger partial charge in [0.15, 0.2) is 0 Å². The molecule has 8 aromatic carbocycles. The molecule has 0 aliphatic carbocycles. The Bertz CT molecular complexity index is 3770. The maximum Gasteiger partial charge on any atom is 0.420 e. The van der Waals surface area contributed by atoms with Crippen LogP contribution in [0.2, 0.25) is 0 Å². The van der Waals surface area contributed by atoms with Crippen molar-refractivity contribution in [2.75, 3.05) is 0 Å². The molecule has 0 spiro atoms. The summed E-state index contributed by atoms with van der Waals surface area (Å²) in [5, 5.41) is 5.38. The Kier molecular flexibility index (Phi) is 6.94. The minimum absolute atomic E-state index is 0.0301. The monoisotopic (exact) mass is 800 g/mol. The summed E-state index contributed by atoms with van der Waals surface area (Å²) in [6.45, 7) is 0. The average molecular weight is 801 g/mol. The van der Waals surface area contributed by atoms with E-state index in [0.717, 1.165) is 22.9 Å². The minimum atomic E-state index is -5.06. The molecule has 0 saturated carbocycles. The molecule has 12 rings (SSSR count). The quantitative estimate of drug-likeness (QED) is 0.167. The highest BCUT2D eigenvalue weighted by atomic mass is 19.4. The molecule has 0 atom stereocenters. The van der Waals surface area contributed by atoms with Gasteiger partial charge in [-0.3, -0.25) is 0 Å². The molecular formula is C50H26F6N2O2. The molecule has 0 bridgehead atoms. The van der Waals surface area contributed by atoms with E-state index in [1.54, 1.807) is 39.5 Å². The van der Waals surface area contributed by atoms with Gasteiger partial charge in [0.25, 0.3) is 0 Å². The number of furan rings is 2. The highest BCUT2D eigenvalue weighted by molar-refractivity contribution is 6.26. The van der Waals surface area contributed by atoms with Crippen molar-refractivity contribution in [3.05, 3.63) is 169 Å². The van der Waals surface area contributed by atoms with Gasteiger partial charge in [0.1, 0.15) is 27.9 Å². The molecule has 4 heterocycles. The van der Waals surface area contributed by atoms with E-state index in [-0.39, 0.29) is 22.5 Å². The first-order valence-corrected chi connectivity index (χ1v) is 19.2. The van der Waals surface area contributed by atoms with Crippen LogP contribution in [0.3, 0.4) is 0 Å². The van der Waals surface area contributed by atoms with Crippen molar-refractivity contribution in [3.63, 3.8) is 0 Å². The van der Waals surface area contributed by atoms with Crippen LogP contribution in [0.5, 0.6) is 0 Å². The second-order valence-electron chi connectivity index (χ2n) is 15.0. The van der Waals surface area contributed by atoms with Crippen LogP contribution in [-0.2, 0) is 12.4 Å². The highest BCUT2D eigenvalue weighted by Crippen LogP contribution is 2.50. The molecule has 60 heavy (non-hydrogen) atoms. The van der Waals surface area contributed by atoms with Crippen LogP contribution in [0, 0.1) is 0 Å². The third kappa shape index (κ3) is 4.75. The van der Waals surface area contributed by atoms with Crippen LogP contribution in [0.4, 0.5) is 26.3 Å². The number of benzene rings is 8. The number of hydrogen-bond acceptors (Lipinski definition) is 2. The summed E-state index contributed by atoms with van der Waals surface area (Å²) in [6, 6.07) is 43.8. The van der Waals surface area contributed by atoms with Crippen LogP contribution < -0.4 is 0 Å². The Labute approximate surface area is 334 Å². The second kappa shape index (κ2) is 12.0. The van der Waals surface area contributed by atoms with Crippen molar-refractivity contribution in [2.24, 2.45) is 0 Å². The lowest BCUT2D eigenvalue weighted by Gasteiger charge is -2.25.